The van der Waals surface area contributed by atoms with Crippen LogP contribution < -0.4 is 5.32 Å². The summed E-state index contributed by atoms with van der Waals surface area (Å²) in [4.78, 5) is 40.3. The lowest BCUT2D eigenvalue weighted by Gasteiger charge is -2.13. The summed E-state index contributed by atoms with van der Waals surface area (Å²) in [6.45, 7) is 0.0605. The van der Waals surface area contributed by atoms with Gasteiger partial charge in [-0.05, 0) is 17.7 Å². The molecule has 0 bridgehead atoms. The van der Waals surface area contributed by atoms with Gasteiger partial charge in [-0.3, -0.25) is 19.4 Å². The van der Waals surface area contributed by atoms with Crippen molar-refractivity contribution in [1.82, 2.24) is 14.8 Å². The van der Waals surface area contributed by atoms with Gasteiger partial charge in [0.15, 0.2) is 0 Å². The van der Waals surface area contributed by atoms with Gasteiger partial charge >= 0.3 is 17.8 Å². The van der Waals surface area contributed by atoms with E-state index >= 15 is 0 Å². The topological polar surface area (TPSA) is 82.6 Å². The molecule has 2 heterocycles. The molecule has 1 aromatic heterocycles. The van der Waals surface area contributed by atoms with Gasteiger partial charge < -0.3 is 5.32 Å². The number of hydrogen-bond donors (Lipinski definition) is 1. The number of amides is 4. The minimum Gasteiger partial charge on any atom is -0.373 e. The molecule has 0 radical (unpaired) electrons. The number of carbonyl (C=O) groups excluding carboxylic acids is 3. The summed E-state index contributed by atoms with van der Waals surface area (Å²) in [5, 5.41) is 2.86. The number of pyridine rings is 1. The van der Waals surface area contributed by atoms with Crippen molar-refractivity contribution in [3.05, 3.63) is 23.9 Å². The van der Waals surface area contributed by atoms with Crippen molar-refractivity contribution in [2.75, 3.05) is 19.4 Å². The first-order chi connectivity index (χ1) is 8.54. The molecule has 1 N–H and O–H groups in total. The lowest BCUT2D eigenvalue weighted by atomic mass is 10.2. The molecule has 4 amide bonds. The number of carbonyl (C=O) groups is 3. The normalized spacial score (nSPS) is 15.6. The number of aromatic nitrogens is 1. The average Bonchev–Trinajstić information content (AvgIpc) is 2.57. The van der Waals surface area contributed by atoms with Gasteiger partial charge in [-0.2, -0.15) is 0 Å². The van der Waals surface area contributed by atoms with E-state index in [-0.39, 0.29) is 6.54 Å². The van der Waals surface area contributed by atoms with Crippen LogP contribution in [0, 0.1) is 0 Å². The summed E-state index contributed by atoms with van der Waals surface area (Å²) >= 11 is 0. The van der Waals surface area contributed by atoms with Gasteiger partial charge in [-0.25, -0.2) is 9.78 Å². The highest BCUT2D eigenvalue weighted by Crippen LogP contribution is 2.15. The van der Waals surface area contributed by atoms with Crippen LogP contribution in [0.15, 0.2) is 18.3 Å². The Hall–Kier alpha value is -2.44. The van der Waals surface area contributed by atoms with E-state index in [0.717, 1.165) is 15.4 Å². The zero-order valence-corrected chi connectivity index (χ0v) is 10.0. The molecule has 0 aliphatic carbocycles. The second-order valence-electron chi connectivity index (χ2n) is 3.84. The standard InChI is InChI=1S/C11H12N4O3/c1-12-8-5-7(3-4-13-8)6-15-10(17)9(16)14(2)11(15)18/h3-5H,6H2,1-2H3,(H,12,13). The molecule has 1 aromatic rings. The summed E-state index contributed by atoms with van der Waals surface area (Å²) in [6, 6.07) is 2.79. The second kappa shape index (κ2) is 4.44. The Morgan fingerprint density at radius 3 is 2.56 bits per heavy atom. The summed E-state index contributed by atoms with van der Waals surface area (Å²) in [5.41, 5.74) is 0.721. The van der Waals surface area contributed by atoms with Crippen LogP contribution in [0.4, 0.5) is 10.6 Å². The van der Waals surface area contributed by atoms with Gasteiger partial charge in [0.25, 0.3) is 0 Å². The Kier molecular flexibility index (Phi) is 2.97. The Morgan fingerprint density at radius 1 is 1.28 bits per heavy atom. The molecular formula is C11H12N4O3. The highest BCUT2D eigenvalue weighted by Gasteiger charge is 2.41. The van der Waals surface area contributed by atoms with E-state index < -0.39 is 17.8 Å². The molecule has 7 heteroatoms. The van der Waals surface area contributed by atoms with Gasteiger partial charge in [-0.1, -0.05) is 0 Å². The highest BCUT2D eigenvalue weighted by molar-refractivity contribution is 6.44. The fourth-order valence-electron chi connectivity index (χ4n) is 1.65. The molecule has 0 saturated carbocycles. The van der Waals surface area contributed by atoms with Crippen LogP contribution >= 0.6 is 0 Å². The first-order valence-electron chi connectivity index (χ1n) is 5.30. The molecule has 1 aliphatic heterocycles. The summed E-state index contributed by atoms with van der Waals surface area (Å²) in [7, 11) is 3.00. The maximum atomic E-state index is 11.7. The number of urea groups is 1. The minimum absolute atomic E-state index is 0.0605. The van der Waals surface area contributed by atoms with Crippen LogP contribution in [0.2, 0.25) is 0 Å². The number of likely N-dealkylation sites (N-methyl/N-ethyl adjacent to an activating group) is 1. The molecule has 18 heavy (non-hydrogen) atoms. The van der Waals surface area contributed by atoms with Gasteiger partial charge in [0, 0.05) is 20.3 Å². The predicted molar refractivity (Wildman–Crippen MR) is 62.5 cm³/mol. The van der Waals surface area contributed by atoms with E-state index in [2.05, 4.69) is 10.3 Å². The van der Waals surface area contributed by atoms with Crippen molar-refractivity contribution in [3.63, 3.8) is 0 Å². The molecule has 1 saturated heterocycles. The third kappa shape index (κ3) is 1.90. The van der Waals surface area contributed by atoms with Crippen molar-refractivity contribution in [2.24, 2.45) is 0 Å². The Labute approximate surface area is 103 Å². The third-order valence-corrected chi connectivity index (χ3v) is 2.67. The molecule has 1 fully saturated rings. The number of nitrogens with zero attached hydrogens (tertiary/aromatic N) is 3. The van der Waals surface area contributed by atoms with Crippen molar-refractivity contribution in [3.8, 4) is 0 Å². The van der Waals surface area contributed by atoms with Gasteiger partial charge in [0.1, 0.15) is 5.82 Å². The van der Waals surface area contributed by atoms with Crippen LogP contribution in [0.1, 0.15) is 5.56 Å². The van der Waals surface area contributed by atoms with Gasteiger partial charge in [0.05, 0.1) is 6.54 Å². The smallest absolute Gasteiger partial charge is 0.334 e. The maximum absolute atomic E-state index is 11.7. The maximum Gasteiger partial charge on any atom is 0.334 e. The second-order valence-corrected chi connectivity index (χ2v) is 3.84. The van der Waals surface area contributed by atoms with Crippen LogP contribution in [0.3, 0.4) is 0 Å². The molecule has 94 valence electrons. The average molecular weight is 248 g/mol. The van der Waals surface area contributed by atoms with E-state index in [1.165, 1.54) is 7.05 Å². The number of rotatable bonds is 3. The molecule has 1 aliphatic rings. The van der Waals surface area contributed by atoms with Gasteiger partial charge in [0.2, 0.25) is 0 Å². The van der Waals surface area contributed by atoms with Crippen molar-refractivity contribution in [2.45, 2.75) is 6.54 Å². The van der Waals surface area contributed by atoms with Crippen LogP contribution in [-0.2, 0) is 16.1 Å². The van der Waals surface area contributed by atoms with E-state index in [4.69, 9.17) is 0 Å². The SMILES string of the molecule is CNc1cc(CN2C(=O)C(=O)N(C)C2=O)ccn1. The summed E-state index contributed by atoms with van der Waals surface area (Å²) < 4.78 is 0. The van der Waals surface area contributed by atoms with Crippen molar-refractivity contribution >= 4 is 23.7 Å². The van der Waals surface area contributed by atoms with E-state index in [1.54, 1.807) is 25.4 Å². The number of hydrogen-bond acceptors (Lipinski definition) is 5. The number of nitrogens with one attached hydrogen (secondary N) is 1. The molecular weight excluding hydrogens is 236 g/mol. The minimum atomic E-state index is -0.803. The Balaban J connectivity index is 2.21. The molecule has 7 nitrogen and oxygen atoms in total. The predicted octanol–water partition coefficient (Wildman–Crippen LogP) is 0.0439. The zero-order valence-electron chi connectivity index (χ0n) is 10.0. The molecule has 0 spiro atoms. The Morgan fingerprint density at radius 2 is 2.00 bits per heavy atom. The van der Waals surface area contributed by atoms with Crippen molar-refractivity contribution < 1.29 is 14.4 Å². The fraction of sp³-hybridized carbons (Fsp3) is 0.273. The van der Waals surface area contributed by atoms with E-state index in [0.29, 0.717) is 5.82 Å². The quantitative estimate of drug-likeness (QED) is 0.603. The first kappa shape index (κ1) is 12.0. The Bertz CT molecular complexity index is 529. The van der Waals surface area contributed by atoms with Crippen LogP contribution in [0.25, 0.3) is 0 Å². The van der Waals surface area contributed by atoms with Crippen molar-refractivity contribution in [1.29, 1.82) is 0 Å². The van der Waals surface area contributed by atoms with E-state index in [1.807, 2.05) is 0 Å². The summed E-state index contributed by atoms with van der Waals surface area (Å²) in [6.07, 6.45) is 1.57. The van der Waals surface area contributed by atoms with Crippen LogP contribution in [0.5, 0.6) is 0 Å². The first-order valence-corrected chi connectivity index (χ1v) is 5.30. The monoisotopic (exact) mass is 248 g/mol. The highest BCUT2D eigenvalue weighted by atomic mass is 16.2. The molecule has 0 unspecified atom stereocenters. The molecule has 2 rings (SSSR count). The largest absolute Gasteiger partial charge is 0.373 e. The van der Waals surface area contributed by atoms with Crippen LogP contribution in [-0.4, -0.2) is 46.7 Å². The molecule has 0 atom stereocenters. The fourth-order valence-corrected chi connectivity index (χ4v) is 1.65. The zero-order chi connectivity index (χ0) is 13.3. The molecule has 0 aromatic carbocycles. The third-order valence-electron chi connectivity index (χ3n) is 2.67. The van der Waals surface area contributed by atoms with Gasteiger partial charge in [-0.15, -0.1) is 0 Å². The lowest BCUT2D eigenvalue weighted by Crippen LogP contribution is -2.31. The number of anilines is 1. The number of imide groups is 2. The summed E-state index contributed by atoms with van der Waals surface area (Å²) in [5.74, 6) is -0.973. The van der Waals surface area contributed by atoms with E-state index in [9.17, 15) is 14.4 Å². The lowest BCUT2D eigenvalue weighted by molar-refractivity contribution is -0.143.